The van der Waals surface area contributed by atoms with Gasteiger partial charge in [-0.2, -0.15) is 0 Å². The standard InChI is InChI=1S/C17H26N4O.HI/c1-13-5-3-6-14(11-13)12-20-17(18-2)19-10-4-7-16(22)21-15-8-9-15;/h3,5-6,11,15H,4,7-10,12H2,1-2H3,(H,21,22)(H2,18,19,20);1H. The van der Waals surface area contributed by atoms with Crippen LogP contribution in [-0.2, 0) is 11.3 Å². The first-order valence-electron chi connectivity index (χ1n) is 7.97. The third-order valence-electron chi connectivity index (χ3n) is 3.58. The zero-order valence-electron chi connectivity index (χ0n) is 13.9. The maximum atomic E-state index is 11.6. The smallest absolute Gasteiger partial charge is 0.220 e. The largest absolute Gasteiger partial charge is 0.356 e. The summed E-state index contributed by atoms with van der Waals surface area (Å²) in [5.74, 6) is 0.927. The first-order chi connectivity index (χ1) is 10.7. The molecule has 1 amide bonds. The molecule has 1 fully saturated rings. The van der Waals surface area contributed by atoms with Crippen LogP contribution >= 0.6 is 24.0 Å². The van der Waals surface area contributed by atoms with Crippen molar-refractivity contribution in [1.82, 2.24) is 16.0 Å². The van der Waals surface area contributed by atoms with E-state index in [1.54, 1.807) is 7.05 Å². The molecule has 0 aliphatic heterocycles. The number of carbonyl (C=O) groups excluding carboxylic acids is 1. The van der Waals surface area contributed by atoms with Crippen LogP contribution in [0.3, 0.4) is 0 Å². The minimum Gasteiger partial charge on any atom is -0.356 e. The second-order valence-electron chi connectivity index (χ2n) is 5.79. The Morgan fingerprint density at radius 1 is 1.30 bits per heavy atom. The highest BCUT2D eigenvalue weighted by Gasteiger charge is 2.22. The van der Waals surface area contributed by atoms with Crippen LogP contribution in [-0.4, -0.2) is 31.5 Å². The van der Waals surface area contributed by atoms with E-state index in [1.165, 1.54) is 11.1 Å². The number of guanidine groups is 1. The van der Waals surface area contributed by atoms with Gasteiger partial charge in [0.2, 0.25) is 5.91 Å². The summed E-state index contributed by atoms with van der Waals surface area (Å²) in [5, 5.41) is 9.51. The molecule has 6 heteroatoms. The predicted octanol–water partition coefficient (Wildman–Crippen LogP) is 2.34. The van der Waals surface area contributed by atoms with E-state index < -0.39 is 0 Å². The van der Waals surface area contributed by atoms with Crippen molar-refractivity contribution in [3.05, 3.63) is 35.4 Å². The van der Waals surface area contributed by atoms with Crippen molar-refractivity contribution in [3.8, 4) is 0 Å². The van der Waals surface area contributed by atoms with E-state index in [1.807, 2.05) is 0 Å². The van der Waals surface area contributed by atoms with Gasteiger partial charge in [-0.3, -0.25) is 9.79 Å². The molecule has 1 aromatic rings. The minimum absolute atomic E-state index is 0. The number of benzene rings is 1. The van der Waals surface area contributed by atoms with Gasteiger partial charge in [0.05, 0.1) is 0 Å². The Hall–Kier alpha value is -1.31. The minimum atomic E-state index is 0. The molecule has 1 saturated carbocycles. The molecule has 0 aromatic heterocycles. The zero-order chi connectivity index (χ0) is 15.8. The number of hydrogen-bond acceptors (Lipinski definition) is 2. The molecule has 0 radical (unpaired) electrons. The van der Waals surface area contributed by atoms with Crippen LogP contribution in [0.4, 0.5) is 0 Å². The summed E-state index contributed by atoms with van der Waals surface area (Å²) in [4.78, 5) is 15.8. The number of rotatable bonds is 7. The number of aliphatic imine (C=N–C) groups is 1. The fraction of sp³-hybridized carbons (Fsp3) is 0.529. The molecule has 2 rings (SSSR count). The summed E-state index contributed by atoms with van der Waals surface area (Å²) in [5.41, 5.74) is 2.48. The van der Waals surface area contributed by atoms with Crippen LogP contribution in [0.1, 0.15) is 36.8 Å². The van der Waals surface area contributed by atoms with Crippen molar-refractivity contribution < 1.29 is 4.79 Å². The van der Waals surface area contributed by atoms with Gasteiger partial charge in [-0.15, -0.1) is 24.0 Å². The first-order valence-corrected chi connectivity index (χ1v) is 7.97. The Labute approximate surface area is 155 Å². The van der Waals surface area contributed by atoms with Gasteiger partial charge in [-0.1, -0.05) is 29.8 Å². The monoisotopic (exact) mass is 430 g/mol. The van der Waals surface area contributed by atoms with E-state index >= 15 is 0 Å². The molecule has 23 heavy (non-hydrogen) atoms. The van der Waals surface area contributed by atoms with Crippen LogP contribution in [0.15, 0.2) is 29.3 Å². The lowest BCUT2D eigenvalue weighted by Gasteiger charge is -2.12. The summed E-state index contributed by atoms with van der Waals surface area (Å²) in [6, 6.07) is 8.84. The van der Waals surface area contributed by atoms with Gasteiger partial charge in [-0.05, 0) is 31.7 Å². The van der Waals surface area contributed by atoms with Crippen molar-refractivity contribution in [1.29, 1.82) is 0 Å². The van der Waals surface area contributed by atoms with Gasteiger partial charge in [0.15, 0.2) is 5.96 Å². The molecule has 0 spiro atoms. The molecule has 1 aliphatic carbocycles. The highest BCUT2D eigenvalue weighted by molar-refractivity contribution is 14.0. The Morgan fingerprint density at radius 2 is 2.09 bits per heavy atom. The molecule has 1 aromatic carbocycles. The lowest BCUT2D eigenvalue weighted by atomic mass is 10.1. The van der Waals surface area contributed by atoms with Gasteiger partial charge < -0.3 is 16.0 Å². The van der Waals surface area contributed by atoms with Crippen LogP contribution in [0.5, 0.6) is 0 Å². The zero-order valence-corrected chi connectivity index (χ0v) is 16.2. The highest BCUT2D eigenvalue weighted by Crippen LogP contribution is 2.18. The van der Waals surface area contributed by atoms with E-state index in [2.05, 4.69) is 52.1 Å². The average molecular weight is 430 g/mol. The molecule has 128 valence electrons. The van der Waals surface area contributed by atoms with Gasteiger partial charge in [-0.25, -0.2) is 0 Å². The van der Waals surface area contributed by atoms with Gasteiger partial charge in [0.1, 0.15) is 0 Å². The number of hydrogen-bond donors (Lipinski definition) is 3. The Bertz CT molecular complexity index is 529. The number of carbonyl (C=O) groups is 1. The van der Waals surface area contributed by atoms with Crippen molar-refractivity contribution in [2.24, 2.45) is 4.99 Å². The molecular formula is C17H27IN4O. The number of halogens is 1. The Balaban J connectivity index is 0.00000264. The van der Waals surface area contributed by atoms with Crippen LogP contribution < -0.4 is 16.0 Å². The van der Waals surface area contributed by atoms with Gasteiger partial charge in [0.25, 0.3) is 0 Å². The SMILES string of the molecule is CN=C(NCCCC(=O)NC1CC1)NCc1cccc(C)c1.I. The summed E-state index contributed by atoms with van der Waals surface area (Å²) in [6.45, 7) is 3.57. The summed E-state index contributed by atoms with van der Waals surface area (Å²) >= 11 is 0. The molecule has 0 bridgehead atoms. The first kappa shape index (κ1) is 19.7. The van der Waals surface area contributed by atoms with Crippen molar-refractivity contribution in [2.75, 3.05) is 13.6 Å². The third kappa shape index (κ3) is 8.20. The van der Waals surface area contributed by atoms with Crippen LogP contribution in [0.25, 0.3) is 0 Å². The maximum absolute atomic E-state index is 11.6. The van der Waals surface area contributed by atoms with Crippen LogP contribution in [0.2, 0.25) is 0 Å². The van der Waals surface area contributed by atoms with Crippen molar-refractivity contribution in [3.63, 3.8) is 0 Å². The quantitative estimate of drug-likeness (QED) is 0.269. The fourth-order valence-corrected chi connectivity index (χ4v) is 2.21. The Kier molecular flexibility index (Phi) is 8.98. The lowest BCUT2D eigenvalue weighted by Crippen LogP contribution is -2.37. The topological polar surface area (TPSA) is 65.5 Å². The molecule has 3 N–H and O–H groups in total. The molecule has 0 unspecified atom stereocenters. The lowest BCUT2D eigenvalue weighted by molar-refractivity contribution is -0.121. The molecule has 0 heterocycles. The second kappa shape index (κ2) is 10.5. The molecule has 1 aliphatic rings. The number of nitrogens with one attached hydrogen (secondary N) is 3. The van der Waals surface area contributed by atoms with E-state index in [-0.39, 0.29) is 29.9 Å². The summed E-state index contributed by atoms with van der Waals surface area (Å²) < 4.78 is 0. The van der Waals surface area contributed by atoms with E-state index in [0.29, 0.717) is 12.5 Å². The Morgan fingerprint density at radius 3 is 2.74 bits per heavy atom. The number of aryl methyl sites for hydroxylation is 1. The highest BCUT2D eigenvalue weighted by atomic mass is 127. The van der Waals surface area contributed by atoms with Crippen molar-refractivity contribution >= 4 is 35.8 Å². The normalized spacial score (nSPS) is 13.9. The fourth-order valence-electron chi connectivity index (χ4n) is 2.21. The molecule has 5 nitrogen and oxygen atoms in total. The second-order valence-corrected chi connectivity index (χ2v) is 5.79. The summed E-state index contributed by atoms with van der Waals surface area (Å²) in [6.07, 6.45) is 3.65. The van der Waals surface area contributed by atoms with E-state index in [4.69, 9.17) is 0 Å². The maximum Gasteiger partial charge on any atom is 0.220 e. The molecule has 0 atom stereocenters. The van der Waals surface area contributed by atoms with Crippen molar-refractivity contribution in [2.45, 2.75) is 45.2 Å². The molecular weight excluding hydrogens is 403 g/mol. The van der Waals surface area contributed by atoms with Gasteiger partial charge in [0, 0.05) is 32.6 Å². The summed E-state index contributed by atoms with van der Waals surface area (Å²) in [7, 11) is 1.76. The third-order valence-corrected chi connectivity index (χ3v) is 3.58. The number of amides is 1. The van der Waals surface area contributed by atoms with E-state index in [9.17, 15) is 4.79 Å². The van der Waals surface area contributed by atoms with Crippen LogP contribution in [0, 0.1) is 6.92 Å². The average Bonchev–Trinajstić information content (AvgIpc) is 3.30. The van der Waals surface area contributed by atoms with E-state index in [0.717, 1.165) is 38.3 Å². The molecule has 0 saturated heterocycles. The predicted molar refractivity (Wildman–Crippen MR) is 105 cm³/mol. The number of nitrogens with zero attached hydrogens (tertiary/aromatic N) is 1. The van der Waals surface area contributed by atoms with Gasteiger partial charge >= 0.3 is 0 Å².